The van der Waals surface area contributed by atoms with Gasteiger partial charge in [0.2, 0.25) is 0 Å². The molecule has 2 N–H and O–H groups in total. The van der Waals surface area contributed by atoms with Gasteiger partial charge in [0.1, 0.15) is 13.2 Å². The van der Waals surface area contributed by atoms with Crippen molar-refractivity contribution < 1.29 is 55.5 Å². The van der Waals surface area contributed by atoms with Gasteiger partial charge in [0, 0.05) is 11.8 Å². The van der Waals surface area contributed by atoms with Gasteiger partial charge in [-0.15, -0.1) is 0 Å². The lowest BCUT2D eigenvalue weighted by molar-refractivity contribution is -0.180. The first-order valence-corrected chi connectivity index (χ1v) is 8.16. The van der Waals surface area contributed by atoms with Crippen molar-refractivity contribution in [3.63, 3.8) is 0 Å². The lowest BCUT2D eigenvalue weighted by atomic mass is 10.2. The number of ether oxygens (including phenoxy) is 4. The van der Waals surface area contributed by atoms with E-state index in [-0.39, 0.29) is 33.0 Å². The van der Waals surface area contributed by atoms with Crippen LogP contribution in [0.3, 0.4) is 0 Å². The van der Waals surface area contributed by atoms with E-state index in [9.17, 15) is 26.3 Å². The summed E-state index contributed by atoms with van der Waals surface area (Å²) in [6.45, 7) is -2.79. The third kappa shape index (κ3) is 17.2. The van der Waals surface area contributed by atoms with Crippen LogP contribution in [0.15, 0.2) is 0 Å². The van der Waals surface area contributed by atoms with Crippen molar-refractivity contribution in [1.29, 1.82) is 0 Å². The maximum Gasteiger partial charge on any atom is 0.411 e. The molecule has 0 saturated heterocycles. The number of hydrogen-bond donors (Lipinski definition) is 2. The summed E-state index contributed by atoms with van der Waals surface area (Å²) in [5.41, 5.74) is 0. The number of rotatable bonds is 15. The standard InChI is InChI=1S/C15H26F6O6/c1-11(27-8-13(3-23)7-26-10-15(19,20)21)4-24-5-12(2-22)6-25-9-14(16,17)18/h11-13,22-23H,2-10H2,1H3. The molecule has 12 heteroatoms. The Morgan fingerprint density at radius 3 is 1.48 bits per heavy atom. The third-order valence-corrected chi connectivity index (χ3v) is 3.08. The maximum atomic E-state index is 12.0. The quantitative estimate of drug-likeness (QED) is 0.397. The molecule has 6 nitrogen and oxygen atoms in total. The molecule has 0 aliphatic heterocycles. The van der Waals surface area contributed by atoms with Gasteiger partial charge in [-0.1, -0.05) is 0 Å². The summed E-state index contributed by atoms with van der Waals surface area (Å²) < 4.78 is 91.3. The monoisotopic (exact) mass is 416 g/mol. The highest BCUT2D eigenvalue weighted by molar-refractivity contribution is 4.60. The molecule has 0 amide bonds. The van der Waals surface area contributed by atoms with E-state index in [1.165, 1.54) is 0 Å². The average molecular weight is 416 g/mol. The van der Waals surface area contributed by atoms with E-state index in [1.807, 2.05) is 0 Å². The Bertz CT molecular complexity index is 366. The predicted molar refractivity (Wildman–Crippen MR) is 81.1 cm³/mol. The molecular weight excluding hydrogens is 390 g/mol. The highest BCUT2D eigenvalue weighted by Crippen LogP contribution is 2.16. The van der Waals surface area contributed by atoms with Crippen LogP contribution in [0, 0.1) is 11.8 Å². The first-order valence-electron chi connectivity index (χ1n) is 8.16. The van der Waals surface area contributed by atoms with Crippen LogP contribution in [0.4, 0.5) is 26.3 Å². The van der Waals surface area contributed by atoms with Crippen LogP contribution < -0.4 is 0 Å². The molecule has 0 rings (SSSR count). The number of hydrogen-bond acceptors (Lipinski definition) is 6. The maximum absolute atomic E-state index is 12.0. The Morgan fingerprint density at radius 1 is 0.667 bits per heavy atom. The molecule has 0 aliphatic rings. The predicted octanol–water partition coefficient (Wildman–Crippen LogP) is 1.78. The second kappa shape index (κ2) is 13.5. The van der Waals surface area contributed by atoms with Gasteiger partial charge in [-0.3, -0.25) is 0 Å². The van der Waals surface area contributed by atoms with Crippen molar-refractivity contribution in [2.24, 2.45) is 11.8 Å². The summed E-state index contributed by atoms with van der Waals surface area (Å²) in [6, 6.07) is 0. The van der Waals surface area contributed by atoms with Gasteiger partial charge in [0.05, 0.1) is 52.4 Å². The molecule has 3 atom stereocenters. The Kier molecular flexibility index (Phi) is 13.2. The molecule has 0 saturated carbocycles. The molecule has 3 unspecified atom stereocenters. The average Bonchev–Trinajstić information content (AvgIpc) is 2.54. The van der Waals surface area contributed by atoms with Gasteiger partial charge >= 0.3 is 12.4 Å². The summed E-state index contributed by atoms with van der Waals surface area (Å²) >= 11 is 0. The fraction of sp³-hybridized carbons (Fsp3) is 1.00. The van der Waals surface area contributed by atoms with E-state index in [0.29, 0.717) is 0 Å². The van der Waals surface area contributed by atoms with Gasteiger partial charge in [0.25, 0.3) is 0 Å². The summed E-state index contributed by atoms with van der Waals surface area (Å²) in [5, 5.41) is 18.2. The Hall–Kier alpha value is -0.660. The Labute approximate surface area is 153 Å². The van der Waals surface area contributed by atoms with Crippen molar-refractivity contribution >= 4 is 0 Å². The molecule has 0 aromatic heterocycles. The minimum atomic E-state index is -4.45. The van der Waals surface area contributed by atoms with Gasteiger partial charge in [-0.25, -0.2) is 0 Å². The summed E-state index contributed by atoms with van der Waals surface area (Å²) in [4.78, 5) is 0. The van der Waals surface area contributed by atoms with Gasteiger partial charge in [-0.2, -0.15) is 26.3 Å². The van der Waals surface area contributed by atoms with Crippen LogP contribution >= 0.6 is 0 Å². The van der Waals surface area contributed by atoms with E-state index in [1.54, 1.807) is 6.92 Å². The molecule has 27 heavy (non-hydrogen) atoms. The summed E-state index contributed by atoms with van der Waals surface area (Å²) in [5.74, 6) is -1.28. The summed E-state index contributed by atoms with van der Waals surface area (Å²) in [7, 11) is 0. The van der Waals surface area contributed by atoms with Gasteiger partial charge in [0.15, 0.2) is 0 Å². The van der Waals surface area contributed by atoms with Crippen molar-refractivity contribution in [2.45, 2.75) is 25.4 Å². The fourth-order valence-corrected chi connectivity index (χ4v) is 1.74. The molecule has 0 heterocycles. The van der Waals surface area contributed by atoms with Crippen LogP contribution in [0.2, 0.25) is 0 Å². The highest BCUT2D eigenvalue weighted by atomic mass is 19.4. The Morgan fingerprint density at radius 2 is 1.07 bits per heavy atom. The second-order valence-corrected chi connectivity index (χ2v) is 6.04. The summed E-state index contributed by atoms with van der Waals surface area (Å²) in [6.07, 6.45) is -9.39. The molecule has 164 valence electrons. The van der Waals surface area contributed by atoms with Crippen LogP contribution in [-0.2, 0) is 18.9 Å². The fourth-order valence-electron chi connectivity index (χ4n) is 1.74. The van der Waals surface area contributed by atoms with Crippen LogP contribution in [-0.4, -0.2) is 88.1 Å². The van der Waals surface area contributed by atoms with Crippen molar-refractivity contribution in [3.8, 4) is 0 Å². The minimum Gasteiger partial charge on any atom is -0.396 e. The van der Waals surface area contributed by atoms with Gasteiger partial charge in [-0.05, 0) is 6.92 Å². The number of alkyl halides is 6. The largest absolute Gasteiger partial charge is 0.411 e. The highest BCUT2D eigenvalue weighted by Gasteiger charge is 2.28. The number of halogens is 6. The normalized spacial score (nSPS) is 16.3. The number of aliphatic hydroxyl groups excluding tert-OH is 2. The lowest BCUT2D eigenvalue weighted by Gasteiger charge is -2.20. The van der Waals surface area contributed by atoms with Crippen molar-refractivity contribution in [1.82, 2.24) is 0 Å². The van der Waals surface area contributed by atoms with E-state index in [4.69, 9.17) is 19.7 Å². The molecule has 0 aliphatic carbocycles. The van der Waals surface area contributed by atoms with Crippen LogP contribution in [0.5, 0.6) is 0 Å². The molecular formula is C15H26F6O6. The molecule has 0 fully saturated rings. The van der Waals surface area contributed by atoms with E-state index >= 15 is 0 Å². The van der Waals surface area contributed by atoms with E-state index in [0.717, 1.165) is 0 Å². The Balaban J connectivity index is 3.91. The van der Waals surface area contributed by atoms with E-state index < -0.39 is 56.7 Å². The van der Waals surface area contributed by atoms with Crippen molar-refractivity contribution in [3.05, 3.63) is 0 Å². The molecule has 0 radical (unpaired) electrons. The molecule has 0 aromatic carbocycles. The topological polar surface area (TPSA) is 77.4 Å². The minimum absolute atomic E-state index is 0.0390. The van der Waals surface area contributed by atoms with Crippen LogP contribution in [0.25, 0.3) is 0 Å². The smallest absolute Gasteiger partial charge is 0.396 e. The van der Waals surface area contributed by atoms with Gasteiger partial charge < -0.3 is 29.2 Å². The zero-order valence-corrected chi connectivity index (χ0v) is 14.9. The zero-order valence-electron chi connectivity index (χ0n) is 14.9. The first kappa shape index (κ1) is 26.3. The third-order valence-electron chi connectivity index (χ3n) is 3.08. The molecule has 0 bridgehead atoms. The zero-order chi connectivity index (χ0) is 20.9. The second-order valence-electron chi connectivity index (χ2n) is 6.04. The SMILES string of the molecule is CC(COCC(CO)COCC(F)(F)F)OCC(CO)COCC(F)(F)F. The van der Waals surface area contributed by atoms with E-state index in [2.05, 4.69) is 9.47 Å². The molecule has 0 aromatic rings. The van der Waals surface area contributed by atoms with Crippen molar-refractivity contribution in [2.75, 3.05) is 59.5 Å². The number of aliphatic hydroxyl groups is 2. The van der Waals surface area contributed by atoms with Crippen LogP contribution in [0.1, 0.15) is 6.92 Å². The first-order chi connectivity index (χ1) is 12.5. The molecule has 0 spiro atoms. The lowest BCUT2D eigenvalue weighted by Crippen LogP contribution is -2.29.